The van der Waals surface area contributed by atoms with E-state index in [1.807, 2.05) is 18.2 Å². The molecule has 3 unspecified atom stereocenters. The van der Waals surface area contributed by atoms with E-state index in [1.54, 1.807) is 0 Å². The number of rotatable bonds is 16. The van der Waals surface area contributed by atoms with Crippen molar-refractivity contribution in [1.29, 1.82) is 5.26 Å². The molecule has 0 aliphatic rings. The maximum Gasteiger partial charge on any atom is 0.0928 e. The molecule has 3 atom stereocenters. The minimum absolute atomic E-state index is 0.168. The Morgan fingerprint density at radius 1 is 0.929 bits per heavy atom. The molecule has 0 radical (unpaired) electrons. The number of anilines is 1. The lowest BCUT2D eigenvalue weighted by Crippen LogP contribution is -2.19. The highest BCUT2D eigenvalue weighted by Crippen LogP contribution is 2.30. The van der Waals surface area contributed by atoms with Crippen molar-refractivity contribution in [3.05, 3.63) is 29.8 Å². The number of hydrogen-bond acceptors (Lipinski definition) is 4. The second-order valence-electron chi connectivity index (χ2n) is 8.13. The molecular formula is C24H41N3O. The lowest BCUT2D eigenvalue weighted by atomic mass is 9.85. The Bertz CT molecular complexity index is 555. The number of unbranched alkanes of at least 4 members (excludes halogenated alkanes) is 8. The summed E-state index contributed by atoms with van der Waals surface area (Å²) in [5, 5.41) is 19.6. The maximum absolute atomic E-state index is 10.9. The Balaban J connectivity index is 2.43. The first kappa shape index (κ1) is 24.5. The molecule has 28 heavy (non-hydrogen) atoms. The molecule has 0 bridgehead atoms. The molecule has 158 valence electrons. The second kappa shape index (κ2) is 15.4. The zero-order valence-electron chi connectivity index (χ0n) is 17.8. The highest BCUT2D eigenvalue weighted by atomic mass is 16.3. The molecule has 0 heterocycles. The summed E-state index contributed by atoms with van der Waals surface area (Å²) in [4.78, 5) is 0. The van der Waals surface area contributed by atoms with E-state index >= 15 is 0 Å². The van der Waals surface area contributed by atoms with Crippen LogP contribution in [0.1, 0.15) is 102 Å². The number of aliphatic hydroxyl groups excluding tert-OH is 1. The number of nitrogens with zero attached hydrogens (tertiary/aromatic N) is 1. The van der Waals surface area contributed by atoms with E-state index in [9.17, 15) is 5.11 Å². The minimum atomic E-state index is -0.337. The Kier molecular flexibility index (Phi) is 13.4. The molecule has 1 aromatic rings. The van der Waals surface area contributed by atoms with Crippen molar-refractivity contribution in [1.82, 2.24) is 0 Å². The van der Waals surface area contributed by atoms with Crippen molar-refractivity contribution in [2.24, 2.45) is 5.73 Å². The number of benzene rings is 1. The molecule has 0 aliphatic carbocycles. The van der Waals surface area contributed by atoms with Crippen molar-refractivity contribution in [2.45, 2.75) is 108 Å². The second-order valence-corrected chi connectivity index (χ2v) is 8.13. The van der Waals surface area contributed by atoms with Gasteiger partial charge in [0.15, 0.2) is 0 Å². The first-order chi connectivity index (χ1) is 13.6. The summed E-state index contributed by atoms with van der Waals surface area (Å²) in [6, 6.07) is 9.76. The maximum atomic E-state index is 10.9. The van der Waals surface area contributed by atoms with Crippen LogP contribution in [0.2, 0.25) is 0 Å². The summed E-state index contributed by atoms with van der Waals surface area (Å²) in [5.74, 6) is 0.168. The van der Waals surface area contributed by atoms with Gasteiger partial charge in [-0.05, 0) is 37.0 Å². The molecule has 5 N–H and O–H groups in total. The fourth-order valence-electron chi connectivity index (χ4n) is 3.85. The molecule has 0 aliphatic heterocycles. The molecule has 0 spiro atoms. The minimum Gasteiger partial charge on any atom is -0.399 e. The Morgan fingerprint density at radius 2 is 1.54 bits per heavy atom. The van der Waals surface area contributed by atoms with Crippen LogP contribution in [0.15, 0.2) is 24.3 Å². The highest BCUT2D eigenvalue weighted by Gasteiger charge is 2.20. The van der Waals surface area contributed by atoms with Gasteiger partial charge in [0.25, 0.3) is 0 Å². The summed E-state index contributed by atoms with van der Waals surface area (Å²) < 4.78 is 0. The van der Waals surface area contributed by atoms with Crippen LogP contribution in [-0.4, -0.2) is 17.3 Å². The SMILES string of the molecule is CCCCCCCCC(c1cccc(N)c1)C(O)CCCCCCC(N)C#N. The fourth-order valence-corrected chi connectivity index (χ4v) is 3.85. The monoisotopic (exact) mass is 387 g/mol. The number of nitriles is 1. The number of nitrogen functional groups attached to an aromatic ring is 1. The van der Waals surface area contributed by atoms with Crippen LogP contribution >= 0.6 is 0 Å². The third kappa shape index (κ3) is 10.7. The molecule has 0 aromatic heterocycles. The summed E-state index contributed by atoms with van der Waals surface area (Å²) in [7, 11) is 0. The van der Waals surface area contributed by atoms with Crippen LogP contribution in [0.25, 0.3) is 0 Å². The summed E-state index contributed by atoms with van der Waals surface area (Å²) in [5.41, 5.74) is 13.5. The predicted molar refractivity (Wildman–Crippen MR) is 119 cm³/mol. The normalized spacial score (nSPS) is 14.4. The van der Waals surface area contributed by atoms with E-state index < -0.39 is 0 Å². The molecule has 4 nitrogen and oxygen atoms in total. The quantitative estimate of drug-likeness (QED) is 0.252. The van der Waals surface area contributed by atoms with E-state index in [2.05, 4.69) is 19.1 Å². The van der Waals surface area contributed by atoms with Gasteiger partial charge in [0.05, 0.1) is 18.2 Å². The Labute approximate surface area is 172 Å². The van der Waals surface area contributed by atoms with Crippen molar-refractivity contribution in [3.63, 3.8) is 0 Å². The average Bonchev–Trinajstić information content (AvgIpc) is 2.69. The molecule has 1 aromatic carbocycles. The van der Waals surface area contributed by atoms with Gasteiger partial charge in [-0.25, -0.2) is 0 Å². The highest BCUT2D eigenvalue weighted by molar-refractivity contribution is 5.42. The van der Waals surface area contributed by atoms with Crippen LogP contribution in [0.3, 0.4) is 0 Å². The number of nitrogens with two attached hydrogens (primary N) is 2. The fraction of sp³-hybridized carbons (Fsp3) is 0.708. The molecule has 1 rings (SSSR count). The van der Waals surface area contributed by atoms with Gasteiger partial charge in [-0.2, -0.15) is 5.26 Å². The average molecular weight is 388 g/mol. The van der Waals surface area contributed by atoms with Gasteiger partial charge < -0.3 is 16.6 Å². The first-order valence-electron chi connectivity index (χ1n) is 11.3. The van der Waals surface area contributed by atoms with Gasteiger partial charge in [-0.3, -0.25) is 0 Å². The molecule has 0 amide bonds. The van der Waals surface area contributed by atoms with Gasteiger partial charge in [0, 0.05) is 11.6 Å². The van der Waals surface area contributed by atoms with E-state index in [4.69, 9.17) is 16.7 Å². The predicted octanol–water partition coefficient (Wildman–Crippen LogP) is 5.66. The number of hydrogen-bond donors (Lipinski definition) is 3. The van der Waals surface area contributed by atoms with Crippen LogP contribution in [0.4, 0.5) is 5.69 Å². The smallest absolute Gasteiger partial charge is 0.0928 e. The van der Waals surface area contributed by atoms with E-state index in [-0.39, 0.29) is 18.1 Å². The van der Waals surface area contributed by atoms with Crippen LogP contribution in [0.5, 0.6) is 0 Å². The third-order valence-corrected chi connectivity index (χ3v) is 5.60. The van der Waals surface area contributed by atoms with Crippen LogP contribution < -0.4 is 11.5 Å². The summed E-state index contributed by atoms with van der Waals surface area (Å²) in [6.45, 7) is 2.24. The van der Waals surface area contributed by atoms with Crippen molar-refractivity contribution in [2.75, 3.05) is 5.73 Å². The van der Waals surface area contributed by atoms with E-state index in [1.165, 1.54) is 37.7 Å². The van der Waals surface area contributed by atoms with Gasteiger partial charge in [0.1, 0.15) is 0 Å². The van der Waals surface area contributed by atoms with Gasteiger partial charge >= 0.3 is 0 Å². The third-order valence-electron chi connectivity index (χ3n) is 5.60. The van der Waals surface area contributed by atoms with Gasteiger partial charge in [0.2, 0.25) is 0 Å². The lowest BCUT2D eigenvalue weighted by Gasteiger charge is -2.24. The van der Waals surface area contributed by atoms with Crippen LogP contribution in [-0.2, 0) is 0 Å². The van der Waals surface area contributed by atoms with E-state index in [0.717, 1.165) is 57.1 Å². The van der Waals surface area contributed by atoms with Crippen molar-refractivity contribution in [3.8, 4) is 6.07 Å². The standard InChI is InChI=1S/C24H41N3O/c1-2-3-4-5-6-10-16-23(20-13-12-15-21(26)18-20)24(28)17-11-8-7-9-14-22(27)19-25/h12-13,15,18,22-24,28H,2-11,14,16-17,26-27H2,1H3. The topological polar surface area (TPSA) is 96.1 Å². The molecule has 0 saturated carbocycles. The zero-order valence-corrected chi connectivity index (χ0v) is 17.8. The van der Waals surface area contributed by atoms with Crippen LogP contribution in [0, 0.1) is 11.3 Å². The Hall–Kier alpha value is -1.57. The molecule has 0 saturated heterocycles. The van der Waals surface area contributed by atoms with Crippen molar-refractivity contribution < 1.29 is 5.11 Å². The summed E-state index contributed by atoms with van der Waals surface area (Å²) >= 11 is 0. The van der Waals surface area contributed by atoms with Crippen molar-refractivity contribution >= 4 is 5.69 Å². The van der Waals surface area contributed by atoms with Gasteiger partial charge in [-0.15, -0.1) is 0 Å². The molecule has 4 heteroatoms. The zero-order chi connectivity index (χ0) is 20.6. The van der Waals surface area contributed by atoms with E-state index in [0.29, 0.717) is 0 Å². The first-order valence-corrected chi connectivity index (χ1v) is 11.3. The lowest BCUT2D eigenvalue weighted by molar-refractivity contribution is 0.124. The molecule has 0 fully saturated rings. The van der Waals surface area contributed by atoms with Gasteiger partial charge in [-0.1, -0.05) is 83.3 Å². The Morgan fingerprint density at radius 3 is 2.18 bits per heavy atom. The largest absolute Gasteiger partial charge is 0.399 e. The molecular weight excluding hydrogens is 346 g/mol. The number of aliphatic hydroxyl groups is 1. The summed E-state index contributed by atoms with van der Waals surface area (Å²) in [6.07, 6.45) is 14.0.